The highest BCUT2D eigenvalue weighted by molar-refractivity contribution is 6.31. The summed E-state index contributed by atoms with van der Waals surface area (Å²) in [7, 11) is 0. The first kappa shape index (κ1) is 13.1. The van der Waals surface area contributed by atoms with Gasteiger partial charge in [-0.3, -0.25) is 4.98 Å². The number of hydrogen-bond donors (Lipinski definition) is 1. The van der Waals surface area contributed by atoms with Gasteiger partial charge in [-0.1, -0.05) is 35.9 Å². The highest BCUT2D eigenvalue weighted by Crippen LogP contribution is 2.22. The Morgan fingerprint density at radius 1 is 1.22 bits per heavy atom. The minimum Gasteiger partial charge on any atom is -0.306 e. The topological polar surface area (TPSA) is 24.9 Å². The number of nitrogens with one attached hydrogen (secondary N) is 1. The van der Waals surface area contributed by atoms with Crippen LogP contribution >= 0.6 is 11.6 Å². The van der Waals surface area contributed by atoms with Crippen LogP contribution in [0.4, 0.5) is 0 Å². The molecule has 1 heterocycles. The molecule has 0 spiro atoms. The van der Waals surface area contributed by atoms with Crippen LogP contribution in [0, 0.1) is 6.92 Å². The summed E-state index contributed by atoms with van der Waals surface area (Å²) < 4.78 is 0. The van der Waals surface area contributed by atoms with E-state index in [1.807, 2.05) is 43.5 Å². The SMILES string of the molecule is Cc1ccc(CN[C@H](C)c2ccccc2Cl)cn1. The highest BCUT2D eigenvalue weighted by Gasteiger charge is 2.08. The van der Waals surface area contributed by atoms with E-state index >= 15 is 0 Å². The van der Waals surface area contributed by atoms with Crippen LogP contribution in [0.5, 0.6) is 0 Å². The Bertz CT molecular complexity index is 508. The first-order valence-corrected chi connectivity index (χ1v) is 6.44. The van der Waals surface area contributed by atoms with E-state index < -0.39 is 0 Å². The van der Waals surface area contributed by atoms with Crippen molar-refractivity contribution in [1.82, 2.24) is 10.3 Å². The lowest BCUT2D eigenvalue weighted by atomic mass is 10.1. The average Bonchev–Trinajstić information content (AvgIpc) is 2.38. The third-order valence-electron chi connectivity index (χ3n) is 2.96. The van der Waals surface area contributed by atoms with Crippen molar-refractivity contribution in [3.63, 3.8) is 0 Å². The molecule has 0 unspecified atom stereocenters. The standard InChI is InChI=1S/C15H17ClN2/c1-11-7-8-13(9-17-11)10-18-12(2)14-5-3-4-6-15(14)16/h3-9,12,18H,10H2,1-2H3/t12-/m1/s1. The van der Waals surface area contributed by atoms with Crippen molar-refractivity contribution in [3.8, 4) is 0 Å². The molecule has 0 saturated carbocycles. The average molecular weight is 261 g/mol. The number of aryl methyl sites for hydroxylation is 1. The minimum absolute atomic E-state index is 0.222. The van der Waals surface area contributed by atoms with Gasteiger partial charge in [0, 0.05) is 29.5 Å². The molecule has 0 aliphatic rings. The molecule has 1 aromatic heterocycles. The fourth-order valence-corrected chi connectivity index (χ4v) is 2.11. The van der Waals surface area contributed by atoms with Crippen LogP contribution in [0.15, 0.2) is 42.6 Å². The zero-order valence-corrected chi connectivity index (χ0v) is 11.4. The molecule has 2 rings (SSSR count). The molecule has 0 amide bonds. The molecule has 1 atom stereocenters. The van der Waals surface area contributed by atoms with Crippen molar-refractivity contribution in [1.29, 1.82) is 0 Å². The van der Waals surface area contributed by atoms with Crippen molar-refractivity contribution in [2.24, 2.45) is 0 Å². The van der Waals surface area contributed by atoms with Crippen LogP contribution in [0.3, 0.4) is 0 Å². The lowest BCUT2D eigenvalue weighted by Crippen LogP contribution is -2.18. The number of pyridine rings is 1. The van der Waals surface area contributed by atoms with Crippen molar-refractivity contribution in [2.75, 3.05) is 0 Å². The Balaban J connectivity index is 1.98. The molecule has 1 aromatic carbocycles. The van der Waals surface area contributed by atoms with Crippen LogP contribution in [0.25, 0.3) is 0 Å². The smallest absolute Gasteiger partial charge is 0.0453 e. The molecular weight excluding hydrogens is 244 g/mol. The molecule has 0 aliphatic carbocycles. The first-order chi connectivity index (χ1) is 8.66. The number of benzene rings is 1. The summed E-state index contributed by atoms with van der Waals surface area (Å²) in [5.41, 5.74) is 3.34. The zero-order chi connectivity index (χ0) is 13.0. The van der Waals surface area contributed by atoms with Gasteiger partial charge in [0.25, 0.3) is 0 Å². The van der Waals surface area contributed by atoms with E-state index in [0.717, 1.165) is 22.8 Å². The first-order valence-electron chi connectivity index (χ1n) is 6.06. The third kappa shape index (κ3) is 3.31. The lowest BCUT2D eigenvalue weighted by molar-refractivity contribution is 0.574. The van der Waals surface area contributed by atoms with Gasteiger partial charge in [0.15, 0.2) is 0 Å². The number of halogens is 1. The summed E-state index contributed by atoms with van der Waals surface area (Å²) in [5, 5.41) is 4.26. The van der Waals surface area contributed by atoms with Gasteiger partial charge in [0.05, 0.1) is 0 Å². The zero-order valence-electron chi connectivity index (χ0n) is 10.7. The van der Waals surface area contributed by atoms with Crippen LogP contribution in [0.2, 0.25) is 5.02 Å². The lowest BCUT2D eigenvalue weighted by Gasteiger charge is -2.15. The molecule has 0 saturated heterocycles. The van der Waals surface area contributed by atoms with Crippen LogP contribution in [0.1, 0.15) is 29.8 Å². The monoisotopic (exact) mass is 260 g/mol. The fourth-order valence-electron chi connectivity index (χ4n) is 1.81. The van der Waals surface area contributed by atoms with Gasteiger partial charge in [-0.25, -0.2) is 0 Å². The molecule has 94 valence electrons. The molecule has 18 heavy (non-hydrogen) atoms. The second kappa shape index (κ2) is 5.98. The summed E-state index contributed by atoms with van der Waals surface area (Å²) in [6.07, 6.45) is 1.90. The molecule has 0 bridgehead atoms. The largest absolute Gasteiger partial charge is 0.306 e. The van der Waals surface area contributed by atoms with Crippen molar-refractivity contribution in [2.45, 2.75) is 26.4 Å². The molecule has 3 heteroatoms. The highest BCUT2D eigenvalue weighted by atomic mass is 35.5. The van der Waals surface area contributed by atoms with Crippen LogP contribution in [-0.2, 0) is 6.54 Å². The van der Waals surface area contributed by atoms with Gasteiger partial charge in [-0.2, -0.15) is 0 Å². The second-order valence-corrected chi connectivity index (χ2v) is 4.84. The molecule has 2 nitrogen and oxygen atoms in total. The summed E-state index contributed by atoms with van der Waals surface area (Å²) >= 11 is 6.17. The molecule has 1 N–H and O–H groups in total. The van der Waals surface area contributed by atoms with E-state index in [1.165, 1.54) is 5.56 Å². The summed E-state index contributed by atoms with van der Waals surface area (Å²) in [6.45, 7) is 4.89. The fraction of sp³-hybridized carbons (Fsp3) is 0.267. The summed E-state index contributed by atoms with van der Waals surface area (Å²) in [6, 6.07) is 12.3. The third-order valence-corrected chi connectivity index (χ3v) is 3.30. The van der Waals surface area contributed by atoms with E-state index in [4.69, 9.17) is 11.6 Å². The van der Waals surface area contributed by atoms with Gasteiger partial charge in [-0.15, -0.1) is 0 Å². The Morgan fingerprint density at radius 2 is 2.00 bits per heavy atom. The molecular formula is C15H17ClN2. The molecule has 2 aromatic rings. The summed E-state index contributed by atoms with van der Waals surface area (Å²) in [5.74, 6) is 0. The maximum atomic E-state index is 6.17. The predicted molar refractivity (Wildman–Crippen MR) is 75.7 cm³/mol. The molecule has 0 fully saturated rings. The Kier molecular flexibility index (Phi) is 4.34. The van der Waals surface area contributed by atoms with E-state index in [1.54, 1.807) is 0 Å². The number of hydrogen-bond acceptors (Lipinski definition) is 2. The minimum atomic E-state index is 0.222. The maximum Gasteiger partial charge on any atom is 0.0453 e. The van der Waals surface area contributed by atoms with Gasteiger partial charge < -0.3 is 5.32 Å². The Hall–Kier alpha value is -1.38. The van der Waals surface area contributed by atoms with E-state index in [2.05, 4.69) is 23.3 Å². The predicted octanol–water partition coefficient (Wildman–Crippen LogP) is 3.89. The second-order valence-electron chi connectivity index (χ2n) is 4.43. The Labute approximate surface area is 113 Å². The van der Waals surface area contributed by atoms with Gasteiger partial charge in [0.2, 0.25) is 0 Å². The van der Waals surface area contributed by atoms with Crippen molar-refractivity contribution >= 4 is 11.6 Å². The number of rotatable bonds is 4. The van der Waals surface area contributed by atoms with Crippen molar-refractivity contribution < 1.29 is 0 Å². The van der Waals surface area contributed by atoms with Crippen molar-refractivity contribution in [3.05, 3.63) is 64.4 Å². The quantitative estimate of drug-likeness (QED) is 0.902. The van der Waals surface area contributed by atoms with Gasteiger partial charge >= 0.3 is 0 Å². The maximum absolute atomic E-state index is 6.17. The van der Waals surface area contributed by atoms with Gasteiger partial charge in [-0.05, 0) is 37.1 Å². The van der Waals surface area contributed by atoms with Crippen LogP contribution in [-0.4, -0.2) is 4.98 Å². The van der Waals surface area contributed by atoms with E-state index in [-0.39, 0.29) is 6.04 Å². The number of aromatic nitrogens is 1. The van der Waals surface area contributed by atoms with Gasteiger partial charge in [0.1, 0.15) is 0 Å². The van der Waals surface area contributed by atoms with Crippen LogP contribution < -0.4 is 5.32 Å². The summed E-state index contributed by atoms with van der Waals surface area (Å²) in [4.78, 5) is 4.28. The van der Waals surface area contributed by atoms with E-state index in [0.29, 0.717) is 0 Å². The normalized spacial score (nSPS) is 12.4. The number of nitrogens with zero attached hydrogens (tertiary/aromatic N) is 1. The van der Waals surface area contributed by atoms with E-state index in [9.17, 15) is 0 Å². The molecule has 0 radical (unpaired) electrons. The molecule has 0 aliphatic heterocycles. The Morgan fingerprint density at radius 3 is 2.67 bits per heavy atom.